The lowest BCUT2D eigenvalue weighted by atomic mass is 10.1. The van der Waals surface area contributed by atoms with Crippen LogP contribution in [0.15, 0.2) is 61.2 Å². The first-order valence-corrected chi connectivity index (χ1v) is 8.56. The fraction of sp³-hybridized carbons (Fsp3) is 0.211. The lowest BCUT2D eigenvalue weighted by Crippen LogP contribution is -2.32. The van der Waals surface area contributed by atoms with Gasteiger partial charge in [0.2, 0.25) is 0 Å². The summed E-state index contributed by atoms with van der Waals surface area (Å²) in [7, 11) is 0. The fourth-order valence-electron chi connectivity index (χ4n) is 2.82. The SMILES string of the molecule is CCN(CCc1ccccc1)C(=O)c1ccc(-n2cncn2)c([N+](=O)[O-])c1. The standard InChI is InChI=1S/C19H19N5O3/c1-2-22(11-10-15-6-4-3-5-7-15)19(25)16-8-9-17(18(12-16)24(26)27)23-14-20-13-21-23/h3-9,12-14H,2,10-11H2,1H3. The molecule has 138 valence electrons. The zero-order valence-corrected chi connectivity index (χ0v) is 14.9. The molecule has 0 spiro atoms. The Morgan fingerprint density at radius 3 is 2.63 bits per heavy atom. The molecule has 8 heteroatoms. The van der Waals surface area contributed by atoms with Crippen LogP contribution in [0.25, 0.3) is 5.69 Å². The van der Waals surface area contributed by atoms with E-state index < -0.39 is 4.92 Å². The Bertz CT molecular complexity index is 926. The Hall–Kier alpha value is -3.55. The van der Waals surface area contributed by atoms with E-state index in [1.807, 2.05) is 37.3 Å². The summed E-state index contributed by atoms with van der Waals surface area (Å²) in [4.78, 5) is 29.3. The molecule has 0 bridgehead atoms. The van der Waals surface area contributed by atoms with Crippen molar-refractivity contribution in [3.05, 3.63) is 82.4 Å². The molecule has 0 atom stereocenters. The molecule has 0 saturated heterocycles. The van der Waals surface area contributed by atoms with Crippen LogP contribution in [-0.4, -0.2) is 43.6 Å². The monoisotopic (exact) mass is 365 g/mol. The number of amides is 1. The molecule has 27 heavy (non-hydrogen) atoms. The van der Waals surface area contributed by atoms with Gasteiger partial charge in [0, 0.05) is 24.7 Å². The highest BCUT2D eigenvalue weighted by molar-refractivity contribution is 5.95. The second-order valence-corrected chi connectivity index (χ2v) is 5.92. The van der Waals surface area contributed by atoms with Crippen molar-refractivity contribution in [1.29, 1.82) is 0 Å². The van der Waals surface area contributed by atoms with Gasteiger partial charge in [-0.25, -0.2) is 9.67 Å². The summed E-state index contributed by atoms with van der Waals surface area (Å²) in [5, 5.41) is 15.4. The molecule has 0 saturated carbocycles. The van der Waals surface area contributed by atoms with Crippen LogP contribution in [0.1, 0.15) is 22.8 Å². The van der Waals surface area contributed by atoms with E-state index in [0.717, 1.165) is 12.0 Å². The van der Waals surface area contributed by atoms with E-state index in [1.54, 1.807) is 11.0 Å². The average Bonchev–Trinajstić information content (AvgIpc) is 3.23. The molecule has 0 fully saturated rings. The second kappa shape index (κ2) is 8.22. The maximum absolute atomic E-state index is 12.8. The summed E-state index contributed by atoms with van der Waals surface area (Å²) in [6.45, 7) is 2.95. The van der Waals surface area contributed by atoms with Crippen LogP contribution in [0, 0.1) is 10.1 Å². The van der Waals surface area contributed by atoms with Crippen molar-refractivity contribution in [1.82, 2.24) is 19.7 Å². The van der Waals surface area contributed by atoms with Gasteiger partial charge in [0.05, 0.1) is 4.92 Å². The largest absolute Gasteiger partial charge is 0.339 e. The van der Waals surface area contributed by atoms with Crippen LogP contribution in [0.4, 0.5) is 5.69 Å². The number of rotatable bonds is 7. The lowest BCUT2D eigenvalue weighted by molar-refractivity contribution is -0.384. The van der Waals surface area contributed by atoms with Gasteiger partial charge in [0.15, 0.2) is 0 Å². The molecule has 1 amide bonds. The highest BCUT2D eigenvalue weighted by Gasteiger charge is 2.21. The van der Waals surface area contributed by atoms with Crippen molar-refractivity contribution in [2.45, 2.75) is 13.3 Å². The van der Waals surface area contributed by atoms with Crippen molar-refractivity contribution in [2.75, 3.05) is 13.1 Å². The first-order valence-electron chi connectivity index (χ1n) is 8.56. The first-order chi connectivity index (χ1) is 13.1. The second-order valence-electron chi connectivity index (χ2n) is 5.92. The Balaban J connectivity index is 1.82. The maximum atomic E-state index is 12.8. The molecule has 1 aromatic heterocycles. The van der Waals surface area contributed by atoms with Crippen LogP contribution in [0.5, 0.6) is 0 Å². The summed E-state index contributed by atoms with van der Waals surface area (Å²) < 4.78 is 1.30. The van der Waals surface area contributed by atoms with E-state index in [0.29, 0.717) is 13.1 Å². The molecular formula is C19H19N5O3. The van der Waals surface area contributed by atoms with E-state index in [-0.39, 0.29) is 22.8 Å². The smallest absolute Gasteiger partial charge is 0.295 e. The van der Waals surface area contributed by atoms with Crippen molar-refractivity contribution in [2.24, 2.45) is 0 Å². The number of nitro groups is 1. The molecule has 0 unspecified atom stereocenters. The highest BCUT2D eigenvalue weighted by Crippen LogP contribution is 2.24. The van der Waals surface area contributed by atoms with Gasteiger partial charge in [-0.15, -0.1) is 0 Å². The summed E-state index contributed by atoms with van der Waals surface area (Å²) >= 11 is 0. The quantitative estimate of drug-likeness (QED) is 0.474. The third-order valence-corrected chi connectivity index (χ3v) is 4.27. The molecule has 8 nitrogen and oxygen atoms in total. The molecule has 3 aromatic rings. The van der Waals surface area contributed by atoms with E-state index in [2.05, 4.69) is 10.1 Å². The number of hydrogen-bond donors (Lipinski definition) is 0. The third-order valence-electron chi connectivity index (χ3n) is 4.27. The number of carbonyl (C=O) groups excluding carboxylic acids is 1. The molecule has 3 rings (SSSR count). The molecule has 0 aliphatic carbocycles. The molecule has 0 N–H and O–H groups in total. The number of hydrogen-bond acceptors (Lipinski definition) is 5. The normalized spacial score (nSPS) is 10.6. The number of aromatic nitrogens is 3. The topological polar surface area (TPSA) is 94.2 Å². The van der Waals surface area contributed by atoms with Crippen LogP contribution >= 0.6 is 0 Å². The number of nitro benzene ring substituents is 1. The van der Waals surface area contributed by atoms with E-state index in [4.69, 9.17) is 0 Å². The van der Waals surface area contributed by atoms with Gasteiger partial charge in [-0.1, -0.05) is 30.3 Å². The Morgan fingerprint density at radius 2 is 2.00 bits per heavy atom. The number of nitrogens with zero attached hydrogens (tertiary/aromatic N) is 5. The molecule has 2 aromatic carbocycles. The predicted octanol–water partition coefficient (Wildman–Crippen LogP) is 2.88. The molecule has 0 aliphatic heterocycles. The molecule has 0 radical (unpaired) electrons. The van der Waals surface area contributed by atoms with Crippen molar-refractivity contribution < 1.29 is 9.72 Å². The third kappa shape index (κ3) is 4.17. The molecule has 1 heterocycles. The van der Waals surface area contributed by atoms with Crippen molar-refractivity contribution in [3.63, 3.8) is 0 Å². The number of likely N-dealkylation sites (N-methyl/N-ethyl adjacent to an activating group) is 1. The Morgan fingerprint density at radius 1 is 1.22 bits per heavy atom. The minimum absolute atomic E-state index is 0.189. The van der Waals surface area contributed by atoms with Crippen LogP contribution in [-0.2, 0) is 6.42 Å². The first kappa shape index (κ1) is 18.2. The van der Waals surface area contributed by atoms with Gasteiger partial charge in [0.1, 0.15) is 18.3 Å². The summed E-state index contributed by atoms with van der Waals surface area (Å²) in [5.41, 5.74) is 1.49. The predicted molar refractivity (Wildman–Crippen MR) is 99.7 cm³/mol. The Kier molecular flexibility index (Phi) is 5.55. The van der Waals surface area contributed by atoms with E-state index in [1.165, 1.54) is 29.5 Å². The van der Waals surface area contributed by atoms with Gasteiger partial charge in [0.25, 0.3) is 11.6 Å². The summed E-state index contributed by atoms with van der Waals surface area (Å²) in [6, 6.07) is 14.3. The van der Waals surface area contributed by atoms with Crippen LogP contribution in [0.3, 0.4) is 0 Å². The van der Waals surface area contributed by atoms with Crippen molar-refractivity contribution in [3.8, 4) is 5.69 Å². The van der Waals surface area contributed by atoms with E-state index >= 15 is 0 Å². The minimum Gasteiger partial charge on any atom is -0.339 e. The highest BCUT2D eigenvalue weighted by atomic mass is 16.6. The van der Waals surface area contributed by atoms with Gasteiger partial charge >= 0.3 is 0 Å². The Labute approximate surface area is 156 Å². The zero-order chi connectivity index (χ0) is 19.2. The maximum Gasteiger partial charge on any atom is 0.295 e. The van der Waals surface area contributed by atoms with Crippen LogP contribution in [0.2, 0.25) is 0 Å². The van der Waals surface area contributed by atoms with E-state index in [9.17, 15) is 14.9 Å². The number of benzene rings is 2. The fourth-order valence-corrected chi connectivity index (χ4v) is 2.82. The minimum atomic E-state index is -0.520. The van der Waals surface area contributed by atoms with Gasteiger partial charge < -0.3 is 4.90 Å². The number of carbonyl (C=O) groups is 1. The molecular weight excluding hydrogens is 346 g/mol. The summed E-state index contributed by atoms with van der Waals surface area (Å²) in [6.07, 6.45) is 3.40. The van der Waals surface area contributed by atoms with Gasteiger partial charge in [-0.2, -0.15) is 5.10 Å². The van der Waals surface area contributed by atoms with Gasteiger partial charge in [-0.05, 0) is 31.0 Å². The van der Waals surface area contributed by atoms with Gasteiger partial charge in [-0.3, -0.25) is 14.9 Å². The van der Waals surface area contributed by atoms with Crippen molar-refractivity contribution >= 4 is 11.6 Å². The lowest BCUT2D eigenvalue weighted by Gasteiger charge is -2.21. The van der Waals surface area contributed by atoms with Crippen LogP contribution < -0.4 is 0 Å². The summed E-state index contributed by atoms with van der Waals surface area (Å²) in [5.74, 6) is -0.235. The zero-order valence-electron chi connectivity index (χ0n) is 14.9. The average molecular weight is 365 g/mol. The molecule has 0 aliphatic rings.